The van der Waals surface area contributed by atoms with Gasteiger partial charge >= 0.3 is 0 Å². The van der Waals surface area contributed by atoms with Gasteiger partial charge in [0.1, 0.15) is 5.75 Å². The number of aliphatic hydroxyl groups excluding tert-OH is 1. The van der Waals surface area contributed by atoms with Crippen LogP contribution in [0, 0.1) is 5.82 Å². The van der Waals surface area contributed by atoms with Gasteiger partial charge in [0.15, 0.2) is 11.6 Å². The van der Waals surface area contributed by atoms with Crippen LogP contribution < -0.4 is 4.74 Å². The molecule has 4 heteroatoms. The molecule has 2 aromatic rings. The molecule has 1 aromatic carbocycles. The molecule has 0 aliphatic carbocycles. The predicted octanol–water partition coefficient (Wildman–Crippen LogP) is 3.07. The molecule has 0 bridgehead atoms. The second-order valence-electron chi connectivity index (χ2n) is 3.63. The minimum atomic E-state index is -0.627. The van der Waals surface area contributed by atoms with E-state index in [4.69, 9.17) is 4.74 Å². The lowest BCUT2D eigenvalue weighted by Crippen LogP contribution is -1.95. The largest absolute Gasteiger partial charge is 0.453 e. The summed E-state index contributed by atoms with van der Waals surface area (Å²) in [5.74, 6) is 0.158. The summed E-state index contributed by atoms with van der Waals surface area (Å²) in [4.78, 5) is 4.01. The highest BCUT2D eigenvalue weighted by molar-refractivity contribution is 5.31. The number of benzene rings is 1. The minimum Gasteiger partial charge on any atom is -0.453 e. The molecule has 0 saturated heterocycles. The van der Waals surface area contributed by atoms with Crippen LogP contribution in [0.15, 0.2) is 42.6 Å². The van der Waals surface area contributed by atoms with Crippen LogP contribution in [0.2, 0.25) is 0 Å². The van der Waals surface area contributed by atoms with Crippen LogP contribution in [0.3, 0.4) is 0 Å². The molecular weight excluding hydrogens is 221 g/mol. The summed E-state index contributed by atoms with van der Waals surface area (Å²) >= 11 is 0. The number of ether oxygens (including phenoxy) is 1. The topological polar surface area (TPSA) is 42.4 Å². The highest BCUT2D eigenvalue weighted by atomic mass is 19.1. The van der Waals surface area contributed by atoms with Crippen molar-refractivity contribution in [2.45, 2.75) is 13.0 Å². The number of halogens is 1. The molecule has 0 unspecified atom stereocenters. The molecular formula is C13H12FNO2. The first-order chi connectivity index (χ1) is 8.16. The van der Waals surface area contributed by atoms with Crippen molar-refractivity contribution in [2.75, 3.05) is 0 Å². The Morgan fingerprint density at radius 2 is 2.00 bits per heavy atom. The SMILES string of the molecule is C[C@H](O)c1ccc(Oc2ccccc2F)cn1. The quantitative estimate of drug-likeness (QED) is 0.885. The zero-order chi connectivity index (χ0) is 12.3. The molecule has 0 radical (unpaired) electrons. The van der Waals surface area contributed by atoms with Gasteiger partial charge in [0.25, 0.3) is 0 Å². The van der Waals surface area contributed by atoms with Crippen LogP contribution in [-0.4, -0.2) is 10.1 Å². The lowest BCUT2D eigenvalue weighted by atomic mass is 10.2. The smallest absolute Gasteiger partial charge is 0.165 e. The number of para-hydroxylation sites is 1. The zero-order valence-corrected chi connectivity index (χ0v) is 9.30. The van der Waals surface area contributed by atoms with Crippen molar-refractivity contribution in [1.29, 1.82) is 0 Å². The van der Waals surface area contributed by atoms with Crippen molar-refractivity contribution in [2.24, 2.45) is 0 Å². The fraction of sp³-hybridized carbons (Fsp3) is 0.154. The molecule has 1 atom stereocenters. The average Bonchev–Trinajstić information content (AvgIpc) is 2.33. The molecule has 0 fully saturated rings. The Labute approximate surface area is 98.5 Å². The summed E-state index contributed by atoms with van der Waals surface area (Å²) in [6, 6.07) is 9.43. The standard InChI is InChI=1S/C13H12FNO2/c1-9(16)12-7-6-10(8-15-12)17-13-5-3-2-4-11(13)14/h2-9,16H,1H3/t9-/m0/s1. The summed E-state index contributed by atoms with van der Waals surface area (Å²) in [6.45, 7) is 1.62. The Balaban J connectivity index is 2.17. The van der Waals surface area contributed by atoms with E-state index >= 15 is 0 Å². The van der Waals surface area contributed by atoms with Crippen LogP contribution in [0.25, 0.3) is 0 Å². The molecule has 1 N–H and O–H groups in total. The molecule has 88 valence electrons. The Morgan fingerprint density at radius 1 is 1.24 bits per heavy atom. The van der Waals surface area contributed by atoms with E-state index in [1.165, 1.54) is 18.3 Å². The maximum atomic E-state index is 13.3. The number of aliphatic hydroxyl groups is 1. The van der Waals surface area contributed by atoms with Gasteiger partial charge < -0.3 is 9.84 Å². The monoisotopic (exact) mass is 233 g/mol. The third-order valence-electron chi connectivity index (χ3n) is 2.25. The average molecular weight is 233 g/mol. The number of aromatic nitrogens is 1. The molecule has 2 rings (SSSR count). The van der Waals surface area contributed by atoms with Crippen LogP contribution in [0.1, 0.15) is 18.7 Å². The van der Waals surface area contributed by atoms with E-state index in [1.807, 2.05) is 0 Å². The number of hydrogen-bond donors (Lipinski definition) is 1. The summed E-state index contributed by atoms with van der Waals surface area (Å²) in [7, 11) is 0. The van der Waals surface area contributed by atoms with E-state index in [0.717, 1.165) is 0 Å². The van der Waals surface area contributed by atoms with Crippen molar-refractivity contribution >= 4 is 0 Å². The predicted molar refractivity (Wildman–Crippen MR) is 61.3 cm³/mol. The number of pyridine rings is 1. The van der Waals surface area contributed by atoms with Crippen molar-refractivity contribution in [3.63, 3.8) is 0 Å². The lowest BCUT2D eigenvalue weighted by Gasteiger charge is -2.07. The van der Waals surface area contributed by atoms with Gasteiger partial charge in [-0.25, -0.2) is 4.39 Å². The van der Waals surface area contributed by atoms with E-state index in [9.17, 15) is 9.50 Å². The van der Waals surface area contributed by atoms with Gasteiger partial charge in [-0.3, -0.25) is 4.98 Å². The Kier molecular flexibility index (Phi) is 3.35. The fourth-order valence-electron chi connectivity index (χ4n) is 1.35. The third kappa shape index (κ3) is 2.79. The molecule has 1 aromatic heterocycles. The summed E-state index contributed by atoms with van der Waals surface area (Å²) in [5.41, 5.74) is 0.547. The molecule has 0 aliphatic heterocycles. The Bertz CT molecular complexity index is 497. The van der Waals surface area contributed by atoms with Gasteiger partial charge in [0, 0.05) is 0 Å². The Morgan fingerprint density at radius 3 is 2.59 bits per heavy atom. The first kappa shape index (κ1) is 11.5. The maximum absolute atomic E-state index is 13.3. The van der Waals surface area contributed by atoms with Crippen LogP contribution in [0.4, 0.5) is 4.39 Å². The zero-order valence-electron chi connectivity index (χ0n) is 9.30. The van der Waals surface area contributed by atoms with Gasteiger partial charge in [-0.1, -0.05) is 12.1 Å². The van der Waals surface area contributed by atoms with Gasteiger partial charge in [-0.05, 0) is 31.2 Å². The van der Waals surface area contributed by atoms with E-state index in [-0.39, 0.29) is 5.75 Å². The second-order valence-corrected chi connectivity index (χ2v) is 3.63. The minimum absolute atomic E-state index is 0.152. The van der Waals surface area contributed by atoms with E-state index in [0.29, 0.717) is 11.4 Å². The number of nitrogens with zero attached hydrogens (tertiary/aromatic N) is 1. The molecule has 0 amide bonds. The first-order valence-corrected chi connectivity index (χ1v) is 5.23. The summed E-state index contributed by atoms with van der Waals surface area (Å²) in [5, 5.41) is 9.29. The van der Waals surface area contributed by atoms with Crippen LogP contribution in [-0.2, 0) is 0 Å². The van der Waals surface area contributed by atoms with E-state index in [2.05, 4.69) is 4.98 Å². The highest BCUT2D eigenvalue weighted by Gasteiger charge is 2.05. The molecule has 17 heavy (non-hydrogen) atoms. The van der Waals surface area contributed by atoms with Crippen molar-refractivity contribution in [1.82, 2.24) is 4.98 Å². The highest BCUT2D eigenvalue weighted by Crippen LogP contribution is 2.24. The fourth-order valence-corrected chi connectivity index (χ4v) is 1.35. The number of rotatable bonds is 3. The molecule has 0 saturated carbocycles. The summed E-state index contributed by atoms with van der Waals surface area (Å²) < 4.78 is 18.6. The van der Waals surface area contributed by atoms with Crippen LogP contribution >= 0.6 is 0 Å². The number of hydrogen-bond acceptors (Lipinski definition) is 3. The molecule has 0 aliphatic rings. The van der Waals surface area contributed by atoms with Crippen LogP contribution in [0.5, 0.6) is 11.5 Å². The van der Waals surface area contributed by atoms with E-state index in [1.54, 1.807) is 31.2 Å². The first-order valence-electron chi connectivity index (χ1n) is 5.23. The van der Waals surface area contributed by atoms with Gasteiger partial charge in [-0.15, -0.1) is 0 Å². The third-order valence-corrected chi connectivity index (χ3v) is 2.25. The van der Waals surface area contributed by atoms with Crippen molar-refractivity contribution in [3.8, 4) is 11.5 Å². The molecule has 3 nitrogen and oxygen atoms in total. The lowest BCUT2D eigenvalue weighted by molar-refractivity contribution is 0.194. The van der Waals surface area contributed by atoms with Crippen molar-refractivity contribution < 1.29 is 14.2 Å². The maximum Gasteiger partial charge on any atom is 0.165 e. The van der Waals surface area contributed by atoms with Gasteiger partial charge in [-0.2, -0.15) is 0 Å². The van der Waals surface area contributed by atoms with Gasteiger partial charge in [0.2, 0.25) is 0 Å². The normalized spacial score (nSPS) is 12.2. The Hall–Kier alpha value is -1.94. The van der Waals surface area contributed by atoms with E-state index < -0.39 is 11.9 Å². The molecule has 0 spiro atoms. The second kappa shape index (κ2) is 4.93. The summed E-state index contributed by atoms with van der Waals surface area (Å²) in [6.07, 6.45) is 0.826. The molecule has 1 heterocycles. The van der Waals surface area contributed by atoms with Gasteiger partial charge in [0.05, 0.1) is 18.0 Å². The van der Waals surface area contributed by atoms with Crippen molar-refractivity contribution in [3.05, 3.63) is 54.1 Å².